The Kier molecular flexibility index (Phi) is 4.85. The van der Waals surface area contributed by atoms with E-state index in [0.717, 1.165) is 26.1 Å². The second kappa shape index (κ2) is 6.41. The highest BCUT2D eigenvalue weighted by molar-refractivity contribution is 6.39. The third-order valence-corrected chi connectivity index (χ3v) is 3.71. The van der Waals surface area contributed by atoms with E-state index in [1.54, 1.807) is 0 Å². The maximum Gasteiger partial charge on any atom is 0.272 e. The first-order valence-electron chi connectivity index (χ1n) is 6.03. The molecular weight excluding hydrogens is 291 g/mol. The normalized spacial score (nSPS) is 18.5. The van der Waals surface area contributed by atoms with Gasteiger partial charge in [0.1, 0.15) is 0 Å². The largest absolute Gasteiger partial charge is 0.383 e. The maximum absolute atomic E-state index is 10.7. The van der Waals surface area contributed by atoms with Gasteiger partial charge in [0, 0.05) is 31.9 Å². The van der Waals surface area contributed by atoms with E-state index in [2.05, 4.69) is 5.32 Å². The van der Waals surface area contributed by atoms with E-state index in [9.17, 15) is 10.1 Å². The van der Waals surface area contributed by atoms with Gasteiger partial charge in [-0.2, -0.15) is 0 Å². The van der Waals surface area contributed by atoms with Crippen LogP contribution in [-0.4, -0.2) is 24.7 Å². The Morgan fingerprint density at radius 2 is 2.11 bits per heavy atom. The Labute approximate surface area is 121 Å². The minimum Gasteiger partial charge on any atom is -0.383 e. The Morgan fingerprint density at radius 3 is 2.63 bits per heavy atom. The van der Waals surface area contributed by atoms with E-state index in [1.807, 2.05) is 0 Å². The molecule has 1 atom stereocenters. The van der Waals surface area contributed by atoms with Crippen LogP contribution in [-0.2, 0) is 4.74 Å². The van der Waals surface area contributed by atoms with Crippen molar-refractivity contribution in [3.63, 3.8) is 0 Å². The van der Waals surface area contributed by atoms with Crippen molar-refractivity contribution in [2.75, 3.05) is 25.1 Å². The van der Waals surface area contributed by atoms with Gasteiger partial charge in [0.15, 0.2) is 0 Å². The summed E-state index contributed by atoms with van der Waals surface area (Å²) in [6.45, 7) is 2.33. The van der Waals surface area contributed by atoms with Gasteiger partial charge in [0.25, 0.3) is 5.69 Å². The summed E-state index contributed by atoms with van der Waals surface area (Å²) in [5, 5.41) is 14.3. The summed E-state index contributed by atoms with van der Waals surface area (Å²) in [7, 11) is 0. The fourth-order valence-corrected chi connectivity index (χ4v) is 2.66. The summed E-state index contributed by atoms with van der Waals surface area (Å²) in [6.07, 6.45) is 2.03. The molecule has 0 aromatic heterocycles. The first kappa shape index (κ1) is 14.4. The van der Waals surface area contributed by atoms with Crippen molar-refractivity contribution in [3.8, 4) is 0 Å². The van der Waals surface area contributed by atoms with Crippen molar-refractivity contribution in [2.45, 2.75) is 12.8 Å². The number of nitrogens with zero attached hydrogens (tertiary/aromatic N) is 1. The molecule has 1 aromatic rings. The molecule has 19 heavy (non-hydrogen) atoms. The van der Waals surface area contributed by atoms with E-state index in [4.69, 9.17) is 27.9 Å². The minimum atomic E-state index is -0.516. The Hall–Kier alpha value is -1.04. The molecule has 0 saturated carbocycles. The molecular formula is C12H14Cl2N2O3. The zero-order valence-corrected chi connectivity index (χ0v) is 11.7. The van der Waals surface area contributed by atoms with Crippen LogP contribution in [0.2, 0.25) is 10.0 Å². The number of anilines is 1. The molecule has 7 heteroatoms. The molecule has 1 heterocycles. The van der Waals surface area contributed by atoms with Crippen LogP contribution in [0.25, 0.3) is 0 Å². The number of benzene rings is 1. The summed E-state index contributed by atoms with van der Waals surface area (Å²) in [5.74, 6) is 0.558. The van der Waals surface area contributed by atoms with E-state index in [-0.39, 0.29) is 15.7 Å². The van der Waals surface area contributed by atoms with Crippen molar-refractivity contribution in [1.29, 1.82) is 0 Å². The van der Waals surface area contributed by atoms with Crippen molar-refractivity contribution in [1.82, 2.24) is 0 Å². The fraction of sp³-hybridized carbons (Fsp3) is 0.500. The molecule has 104 valence electrons. The van der Waals surface area contributed by atoms with Crippen molar-refractivity contribution >= 4 is 34.6 Å². The SMILES string of the molecule is O=[N+]([O-])c1cc(Cl)c(NCCC2CCOC2)c(Cl)c1. The number of halogens is 2. The molecule has 0 amide bonds. The molecule has 0 radical (unpaired) electrons. The third kappa shape index (κ3) is 3.72. The molecule has 5 nitrogen and oxygen atoms in total. The van der Waals surface area contributed by atoms with Crippen LogP contribution in [0.3, 0.4) is 0 Å². The molecule has 1 aliphatic heterocycles. The van der Waals surface area contributed by atoms with Crippen LogP contribution >= 0.6 is 23.2 Å². The van der Waals surface area contributed by atoms with E-state index >= 15 is 0 Å². The molecule has 1 aromatic carbocycles. The van der Waals surface area contributed by atoms with Crippen LogP contribution in [0.15, 0.2) is 12.1 Å². The zero-order valence-electron chi connectivity index (χ0n) is 10.2. The molecule has 1 unspecified atom stereocenters. The fourth-order valence-electron chi connectivity index (χ4n) is 2.05. The third-order valence-electron chi connectivity index (χ3n) is 3.12. The van der Waals surface area contributed by atoms with Crippen molar-refractivity contribution < 1.29 is 9.66 Å². The van der Waals surface area contributed by atoms with Gasteiger partial charge in [-0.25, -0.2) is 0 Å². The summed E-state index contributed by atoms with van der Waals surface area (Å²) in [6, 6.07) is 2.60. The van der Waals surface area contributed by atoms with Gasteiger partial charge >= 0.3 is 0 Å². The average Bonchev–Trinajstić information content (AvgIpc) is 2.85. The molecule has 1 fully saturated rings. The van der Waals surface area contributed by atoms with Gasteiger partial charge in [-0.05, 0) is 18.8 Å². The van der Waals surface area contributed by atoms with Crippen molar-refractivity contribution in [2.24, 2.45) is 5.92 Å². The van der Waals surface area contributed by atoms with Gasteiger partial charge in [-0.15, -0.1) is 0 Å². The quantitative estimate of drug-likeness (QED) is 0.665. The lowest BCUT2D eigenvalue weighted by molar-refractivity contribution is -0.384. The molecule has 2 rings (SSSR count). The second-order valence-electron chi connectivity index (χ2n) is 4.49. The number of ether oxygens (including phenoxy) is 1. The monoisotopic (exact) mass is 304 g/mol. The predicted octanol–water partition coefficient (Wildman–Crippen LogP) is 3.74. The maximum atomic E-state index is 10.7. The number of hydrogen-bond donors (Lipinski definition) is 1. The van der Waals surface area contributed by atoms with Gasteiger partial charge in [0.05, 0.1) is 20.7 Å². The molecule has 0 bridgehead atoms. The summed E-state index contributed by atoms with van der Waals surface area (Å²) >= 11 is 12.0. The van der Waals surface area contributed by atoms with E-state index in [0.29, 0.717) is 18.2 Å². The van der Waals surface area contributed by atoms with Gasteiger partial charge < -0.3 is 10.1 Å². The second-order valence-corrected chi connectivity index (χ2v) is 5.30. The lowest BCUT2D eigenvalue weighted by Gasteiger charge is -2.12. The summed E-state index contributed by atoms with van der Waals surface area (Å²) in [5.41, 5.74) is 0.442. The minimum absolute atomic E-state index is 0.107. The lowest BCUT2D eigenvalue weighted by Crippen LogP contribution is -2.09. The molecule has 0 aliphatic carbocycles. The number of non-ortho nitro benzene ring substituents is 1. The van der Waals surface area contributed by atoms with Gasteiger partial charge in [0.2, 0.25) is 0 Å². The molecule has 1 aliphatic rings. The van der Waals surface area contributed by atoms with Crippen LogP contribution in [0.5, 0.6) is 0 Å². The lowest BCUT2D eigenvalue weighted by atomic mass is 10.1. The van der Waals surface area contributed by atoms with Crippen LogP contribution in [0, 0.1) is 16.0 Å². The van der Waals surface area contributed by atoms with E-state index < -0.39 is 4.92 Å². The Morgan fingerprint density at radius 1 is 1.42 bits per heavy atom. The average molecular weight is 305 g/mol. The Bertz CT molecular complexity index is 453. The van der Waals surface area contributed by atoms with Gasteiger partial charge in [-0.3, -0.25) is 10.1 Å². The van der Waals surface area contributed by atoms with Crippen LogP contribution < -0.4 is 5.32 Å². The standard InChI is InChI=1S/C12H14Cl2N2O3/c13-10-5-9(16(17)18)6-11(14)12(10)15-3-1-8-2-4-19-7-8/h5-6,8,15H,1-4,7H2. The van der Waals surface area contributed by atoms with Gasteiger partial charge in [-0.1, -0.05) is 23.2 Å². The highest BCUT2D eigenvalue weighted by atomic mass is 35.5. The molecule has 1 saturated heterocycles. The molecule has 1 N–H and O–H groups in total. The van der Waals surface area contributed by atoms with Crippen molar-refractivity contribution in [3.05, 3.63) is 32.3 Å². The topological polar surface area (TPSA) is 64.4 Å². The zero-order chi connectivity index (χ0) is 13.8. The summed E-state index contributed by atoms with van der Waals surface area (Å²) in [4.78, 5) is 10.1. The van der Waals surface area contributed by atoms with E-state index in [1.165, 1.54) is 12.1 Å². The first-order valence-corrected chi connectivity index (χ1v) is 6.78. The number of nitrogens with one attached hydrogen (secondary N) is 1. The Balaban J connectivity index is 1.97. The number of nitro groups is 1. The highest BCUT2D eigenvalue weighted by Gasteiger charge is 2.17. The highest BCUT2D eigenvalue weighted by Crippen LogP contribution is 2.34. The number of hydrogen-bond acceptors (Lipinski definition) is 4. The van der Waals surface area contributed by atoms with Crippen LogP contribution in [0.1, 0.15) is 12.8 Å². The number of rotatable bonds is 5. The van der Waals surface area contributed by atoms with Crippen LogP contribution in [0.4, 0.5) is 11.4 Å². The first-order chi connectivity index (χ1) is 9.08. The predicted molar refractivity (Wildman–Crippen MR) is 75.1 cm³/mol. The summed E-state index contributed by atoms with van der Waals surface area (Å²) < 4.78 is 5.29. The smallest absolute Gasteiger partial charge is 0.272 e. The number of nitro benzene ring substituents is 1. The molecule has 0 spiro atoms.